The summed E-state index contributed by atoms with van der Waals surface area (Å²) in [4.78, 5) is 4.34. The van der Waals surface area contributed by atoms with E-state index in [4.69, 9.17) is 4.74 Å². The van der Waals surface area contributed by atoms with Gasteiger partial charge in [0, 0.05) is 19.6 Å². The van der Waals surface area contributed by atoms with E-state index in [-0.39, 0.29) is 24.0 Å². The Bertz CT molecular complexity index is 499. The van der Waals surface area contributed by atoms with Crippen LogP contribution in [0.3, 0.4) is 0 Å². The summed E-state index contributed by atoms with van der Waals surface area (Å²) < 4.78 is 5.58. The van der Waals surface area contributed by atoms with Crippen LogP contribution in [0.25, 0.3) is 0 Å². The van der Waals surface area contributed by atoms with Gasteiger partial charge in [-0.3, -0.25) is 4.99 Å². The predicted molar refractivity (Wildman–Crippen MR) is 108 cm³/mol. The molecular formula is C18H30IN3O. The van der Waals surface area contributed by atoms with Crippen LogP contribution < -0.4 is 15.4 Å². The molecule has 1 saturated carbocycles. The van der Waals surface area contributed by atoms with Crippen molar-refractivity contribution in [2.75, 3.05) is 13.7 Å². The van der Waals surface area contributed by atoms with Crippen molar-refractivity contribution < 1.29 is 4.74 Å². The molecule has 0 atom stereocenters. The van der Waals surface area contributed by atoms with Crippen LogP contribution in [0.2, 0.25) is 0 Å². The minimum absolute atomic E-state index is 0. The van der Waals surface area contributed by atoms with Gasteiger partial charge in [-0.2, -0.15) is 0 Å². The zero-order valence-corrected chi connectivity index (χ0v) is 16.9. The van der Waals surface area contributed by atoms with E-state index in [2.05, 4.69) is 34.7 Å². The Labute approximate surface area is 157 Å². The maximum Gasteiger partial charge on any atom is 0.191 e. The highest BCUT2D eigenvalue weighted by molar-refractivity contribution is 14.0. The lowest BCUT2D eigenvalue weighted by atomic mass is 9.96. The molecule has 2 rings (SSSR count). The molecule has 5 heteroatoms. The molecule has 0 spiro atoms. The monoisotopic (exact) mass is 431 g/mol. The standard InChI is InChI=1S/C18H29N3O.HI/c1-4-22-17-11-10-15(12-14(17)2)13-20-18(19-3)21-16-8-6-5-7-9-16;/h10-12,16H,4-9,13H2,1-3H3,(H2,19,20,21);1H. The summed E-state index contributed by atoms with van der Waals surface area (Å²) in [5.41, 5.74) is 2.42. The van der Waals surface area contributed by atoms with Gasteiger partial charge < -0.3 is 15.4 Å². The zero-order chi connectivity index (χ0) is 15.8. The summed E-state index contributed by atoms with van der Waals surface area (Å²) in [5, 5.41) is 6.95. The molecule has 2 N–H and O–H groups in total. The molecule has 0 amide bonds. The van der Waals surface area contributed by atoms with E-state index < -0.39 is 0 Å². The number of aliphatic imine (C=N–C) groups is 1. The number of benzene rings is 1. The average Bonchev–Trinajstić information content (AvgIpc) is 2.55. The van der Waals surface area contributed by atoms with Crippen molar-refractivity contribution in [1.29, 1.82) is 0 Å². The van der Waals surface area contributed by atoms with Crippen molar-refractivity contribution in [3.63, 3.8) is 0 Å². The topological polar surface area (TPSA) is 45.6 Å². The second-order valence-electron chi connectivity index (χ2n) is 5.94. The number of rotatable bonds is 5. The number of nitrogens with one attached hydrogen (secondary N) is 2. The second kappa shape index (κ2) is 10.7. The third kappa shape index (κ3) is 6.57. The van der Waals surface area contributed by atoms with Gasteiger partial charge in [-0.1, -0.05) is 31.4 Å². The van der Waals surface area contributed by atoms with Gasteiger partial charge in [0.2, 0.25) is 0 Å². The van der Waals surface area contributed by atoms with Crippen molar-refractivity contribution >= 4 is 29.9 Å². The molecule has 1 aromatic rings. The fourth-order valence-corrected chi connectivity index (χ4v) is 2.96. The summed E-state index contributed by atoms with van der Waals surface area (Å²) in [6.07, 6.45) is 6.53. The molecule has 4 nitrogen and oxygen atoms in total. The SMILES string of the molecule is CCOc1ccc(CNC(=NC)NC2CCCCC2)cc1C.I. The van der Waals surface area contributed by atoms with Gasteiger partial charge in [0.15, 0.2) is 5.96 Å². The fraction of sp³-hybridized carbons (Fsp3) is 0.611. The molecule has 0 radical (unpaired) electrons. The number of guanidine groups is 1. The minimum Gasteiger partial charge on any atom is -0.494 e. The van der Waals surface area contributed by atoms with E-state index in [9.17, 15) is 0 Å². The van der Waals surface area contributed by atoms with Crippen LogP contribution in [-0.2, 0) is 6.54 Å². The molecule has 1 aliphatic carbocycles. The first-order valence-electron chi connectivity index (χ1n) is 8.42. The highest BCUT2D eigenvalue weighted by Gasteiger charge is 2.14. The highest BCUT2D eigenvalue weighted by Crippen LogP contribution is 2.19. The summed E-state index contributed by atoms with van der Waals surface area (Å²) >= 11 is 0. The third-order valence-electron chi connectivity index (χ3n) is 4.17. The van der Waals surface area contributed by atoms with Gasteiger partial charge in [0.1, 0.15) is 5.75 Å². The summed E-state index contributed by atoms with van der Waals surface area (Å²) in [6.45, 7) is 5.58. The van der Waals surface area contributed by atoms with Crippen molar-refractivity contribution in [2.45, 2.75) is 58.5 Å². The Morgan fingerprint density at radius 3 is 2.61 bits per heavy atom. The van der Waals surface area contributed by atoms with Crippen LogP contribution in [0, 0.1) is 6.92 Å². The van der Waals surface area contributed by atoms with E-state index in [1.165, 1.54) is 43.2 Å². The molecule has 0 unspecified atom stereocenters. The van der Waals surface area contributed by atoms with Crippen molar-refractivity contribution in [3.8, 4) is 5.75 Å². The first-order chi connectivity index (χ1) is 10.7. The van der Waals surface area contributed by atoms with Crippen LogP contribution >= 0.6 is 24.0 Å². The van der Waals surface area contributed by atoms with Crippen LogP contribution in [0.1, 0.15) is 50.2 Å². The number of ether oxygens (including phenoxy) is 1. The van der Waals surface area contributed by atoms with Crippen LogP contribution in [0.5, 0.6) is 5.75 Å². The molecule has 0 aromatic heterocycles. The average molecular weight is 431 g/mol. The molecule has 1 aliphatic rings. The van der Waals surface area contributed by atoms with E-state index in [0.29, 0.717) is 12.6 Å². The minimum atomic E-state index is 0. The van der Waals surface area contributed by atoms with E-state index in [1.54, 1.807) is 0 Å². The van der Waals surface area contributed by atoms with Crippen LogP contribution in [0.15, 0.2) is 23.2 Å². The van der Waals surface area contributed by atoms with E-state index >= 15 is 0 Å². The maximum absolute atomic E-state index is 5.58. The lowest BCUT2D eigenvalue weighted by Crippen LogP contribution is -2.43. The smallest absolute Gasteiger partial charge is 0.191 e. The Hall–Kier alpha value is -0.980. The first-order valence-corrected chi connectivity index (χ1v) is 8.42. The normalized spacial score (nSPS) is 15.7. The van der Waals surface area contributed by atoms with Gasteiger partial charge in [0.25, 0.3) is 0 Å². The highest BCUT2D eigenvalue weighted by atomic mass is 127. The van der Waals surface area contributed by atoms with Crippen LogP contribution in [0.4, 0.5) is 0 Å². The van der Waals surface area contributed by atoms with Crippen LogP contribution in [-0.4, -0.2) is 25.7 Å². The molecule has 1 aromatic carbocycles. The number of halogens is 1. The largest absolute Gasteiger partial charge is 0.494 e. The van der Waals surface area contributed by atoms with Crippen molar-refractivity contribution in [3.05, 3.63) is 29.3 Å². The van der Waals surface area contributed by atoms with E-state index in [0.717, 1.165) is 18.3 Å². The van der Waals surface area contributed by atoms with Gasteiger partial charge in [-0.15, -0.1) is 24.0 Å². The number of aryl methyl sites for hydroxylation is 1. The zero-order valence-electron chi connectivity index (χ0n) is 14.5. The Balaban J connectivity index is 0.00000264. The Morgan fingerprint density at radius 1 is 1.26 bits per heavy atom. The molecular weight excluding hydrogens is 401 g/mol. The number of hydrogen-bond acceptors (Lipinski definition) is 2. The van der Waals surface area contributed by atoms with Gasteiger partial charge in [-0.25, -0.2) is 0 Å². The van der Waals surface area contributed by atoms with Gasteiger partial charge >= 0.3 is 0 Å². The summed E-state index contributed by atoms with van der Waals surface area (Å²) in [5.74, 6) is 1.87. The maximum atomic E-state index is 5.58. The fourth-order valence-electron chi connectivity index (χ4n) is 2.96. The third-order valence-corrected chi connectivity index (χ3v) is 4.17. The quantitative estimate of drug-likeness (QED) is 0.421. The Morgan fingerprint density at radius 2 is 2.00 bits per heavy atom. The molecule has 23 heavy (non-hydrogen) atoms. The summed E-state index contributed by atoms with van der Waals surface area (Å²) in [6, 6.07) is 6.90. The first kappa shape index (κ1) is 20.1. The molecule has 0 bridgehead atoms. The predicted octanol–water partition coefficient (Wildman–Crippen LogP) is 4.01. The number of hydrogen-bond donors (Lipinski definition) is 2. The lowest BCUT2D eigenvalue weighted by molar-refractivity contribution is 0.338. The molecule has 0 heterocycles. The van der Waals surface area contributed by atoms with E-state index in [1.807, 2.05) is 20.0 Å². The molecule has 1 fully saturated rings. The summed E-state index contributed by atoms with van der Waals surface area (Å²) in [7, 11) is 1.83. The van der Waals surface area contributed by atoms with Crippen molar-refractivity contribution in [2.24, 2.45) is 4.99 Å². The molecule has 130 valence electrons. The molecule has 0 saturated heterocycles. The van der Waals surface area contributed by atoms with Gasteiger partial charge in [-0.05, 0) is 43.9 Å². The molecule has 0 aliphatic heterocycles. The van der Waals surface area contributed by atoms with Gasteiger partial charge in [0.05, 0.1) is 6.61 Å². The lowest BCUT2D eigenvalue weighted by Gasteiger charge is -2.25. The second-order valence-corrected chi connectivity index (χ2v) is 5.94. The van der Waals surface area contributed by atoms with Crippen molar-refractivity contribution in [1.82, 2.24) is 10.6 Å². The Kier molecular flexibility index (Phi) is 9.36. The number of nitrogens with zero attached hydrogens (tertiary/aromatic N) is 1.